The van der Waals surface area contributed by atoms with E-state index < -0.39 is 6.61 Å². The first-order chi connectivity index (χ1) is 11.6. The van der Waals surface area contributed by atoms with Gasteiger partial charge in [0.25, 0.3) is 0 Å². The Kier molecular flexibility index (Phi) is 5.18. The molecule has 1 saturated heterocycles. The maximum absolute atomic E-state index is 12.6. The summed E-state index contributed by atoms with van der Waals surface area (Å²) < 4.78 is 40.1. The Hall–Kier alpha value is -1.89. The van der Waals surface area contributed by atoms with Crippen LogP contribution in [0.3, 0.4) is 0 Å². The maximum atomic E-state index is 12.6. The first-order valence-corrected chi connectivity index (χ1v) is 8.09. The molecule has 0 bridgehead atoms. The van der Waals surface area contributed by atoms with Crippen molar-refractivity contribution in [2.45, 2.75) is 37.8 Å². The van der Waals surface area contributed by atoms with E-state index in [9.17, 15) is 13.6 Å². The highest BCUT2D eigenvalue weighted by Crippen LogP contribution is 2.37. The van der Waals surface area contributed by atoms with Gasteiger partial charge in [0.05, 0.1) is 13.7 Å². The van der Waals surface area contributed by atoms with Crippen molar-refractivity contribution in [1.29, 1.82) is 0 Å². The molecule has 0 amide bonds. The minimum absolute atomic E-state index is 0.0462. The molecule has 2 fully saturated rings. The normalized spacial score (nSPS) is 23.3. The molecular formula is C17H21F2NO4. The van der Waals surface area contributed by atoms with Crippen molar-refractivity contribution in [3.8, 4) is 11.5 Å². The van der Waals surface area contributed by atoms with Crippen LogP contribution in [0.25, 0.3) is 0 Å². The van der Waals surface area contributed by atoms with E-state index in [2.05, 4.69) is 10.1 Å². The fraction of sp³-hybridized carbons (Fsp3) is 0.588. The van der Waals surface area contributed by atoms with Gasteiger partial charge in [-0.3, -0.25) is 4.79 Å². The molecule has 1 heterocycles. The highest BCUT2D eigenvalue weighted by Gasteiger charge is 2.31. The van der Waals surface area contributed by atoms with Crippen LogP contribution < -0.4 is 14.8 Å². The third-order valence-corrected chi connectivity index (χ3v) is 4.44. The zero-order valence-electron chi connectivity index (χ0n) is 13.5. The van der Waals surface area contributed by atoms with Crippen LogP contribution in [0.2, 0.25) is 0 Å². The molecule has 1 aromatic rings. The third kappa shape index (κ3) is 4.14. The summed E-state index contributed by atoms with van der Waals surface area (Å²) in [6.07, 6.45) is 2.82. The highest BCUT2D eigenvalue weighted by molar-refractivity contribution is 5.76. The van der Waals surface area contributed by atoms with E-state index in [1.165, 1.54) is 13.2 Å². The van der Waals surface area contributed by atoms with Crippen molar-refractivity contribution >= 4 is 5.97 Å². The second-order valence-corrected chi connectivity index (χ2v) is 6.26. The van der Waals surface area contributed by atoms with E-state index in [0.29, 0.717) is 31.2 Å². The average Bonchev–Trinajstić information content (AvgIpc) is 3.27. The SMILES string of the molecule is COC(=O)C1CC(c2ccc(OC(F)F)c(OCC3CC3)c2)CN1. The number of hydrogen-bond acceptors (Lipinski definition) is 5. The summed E-state index contributed by atoms with van der Waals surface area (Å²) in [5, 5.41) is 3.12. The Bertz CT molecular complexity index is 592. The minimum atomic E-state index is -2.89. The summed E-state index contributed by atoms with van der Waals surface area (Å²) in [7, 11) is 1.36. The van der Waals surface area contributed by atoms with Gasteiger partial charge in [0.15, 0.2) is 11.5 Å². The Morgan fingerprint density at radius 2 is 2.12 bits per heavy atom. The molecule has 2 aliphatic rings. The fourth-order valence-corrected chi connectivity index (χ4v) is 2.89. The molecule has 1 N–H and O–H groups in total. The van der Waals surface area contributed by atoms with E-state index >= 15 is 0 Å². The zero-order chi connectivity index (χ0) is 17.1. The van der Waals surface area contributed by atoms with Crippen LogP contribution in [0.1, 0.15) is 30.7 Å². The number of esters is 1. The molecule has 132 valence electrons. The predicted molar refractivity (Wildman–Crippen MR) is 82.5 cm³/mol. The summed E-state index contributed by atoms with van der Waals surface area (Å²) in [6.45, 7) is -1.76. The van der Waals surface area contributed by atoms with Crippen LogP contribution in [0.15, 0.2) is 18.2 Å². The topological polar surface area (TPSA) is 56.8 Å². The number of carbonyl (C=O) groups excluding carboxylic acids is 1. The molecule has 1 aliphatic heterocycles. The molecule has 2 unspecified atom stereocenters. The smallest absolute Gasteiger partial charge is 0.387 e. The molecular weight excluding hydrogens is 320 g/mol. The number of ether oxygens (including phenoxy) is 3. The summed E-state index contributed by atoms with van der Waals surface area (Å²) in [5.74, 6) is 0.689. The Morgan fingerprint density at radius 1 is 1.33 bits per heavy atom. The second kappa shape index (κ2) is 7.34. The summed E-state index contributed by atoms with van der Waals surface area (Å²) in [6, 6.07) is 4.66. The average molecular weight is 341 g/mol. The Morgan fingerprint density at radius 3 is 2.79 bits per heavy atom. The van der Waals surface area contributed by atoms with Crippen molar-refractivity contribution in [2.24, 2.45) is 5.92 Å². The molecule has 1 saturated carbocycles. The number of hydrogen-bond donors (Lipinski definition) is 1. The lowest BCUT2D eigenvalue weighted by atomic mass is 9.96. The maximum Gasteiger partial charge on any atom is 0.387 e. The van der Waals surface area contributed by atoms with Crippen molar-refractivity contribution in [2.75, 3.05) is 20.3 Å². The summed E-state index contributed by atoms with van der Waals surface area (Å²) in [5.41, 5.74) is 0.932. The van der Waals surface area contributed by atoms with Gasteiger partial charge in [-0.05, 0) is 48.8 Å². The molecule has 5 nitrogen and oxygen atoms in total. The van der Waals surface area contributed by atoms with Crippen LogP contribution in [0.5, 0.6) is 11.5 Å². The minimum Gasteiger partial charge on any atom is -0.489 e. The van der Waals surface area contributed by atoms with Gasteiger partial charge in [0.2, 0.25) is 0 Å². The summed E-state index contributed by atoms with van der Waals surface area (Å²) in [4.78, 5) is 11.6. The van der Waals surface area contributed by atoms with Gasteiger partial charge in [-0.15, -0.1) is 0 Å². The highest BCUT2D eigenvalue weighted by atomic mass is 19.3. The quantitative estimate of drug-likeness (QED) is 0.773. The zero-order valence-corrected chi connectivity index (χ0v) is 13.5. The fourth-order valence-electron chi connectivity index (χ4n) is 2.89. The monoisotopic (exact) mass is 341 g/mol. The van der Waals surface area contributed by atoms with Crippen LogP contribution in [-0.2, 0) is 9.53 Å². The van der Waals surface area contributed by atoms with Gasteiger partial charge in [-0.25, -0.2) is 0 Å². The lowest BCUT2D eigenvalue weighted by Gasteiger charge is -2.16. The Labute approximate surface area is 139 Å². The lowest BCUT2D eigenvalue weighted by Crippen LogP contribution is -2.31. The van der Waals surface area contributed by atoms with Crippen molar-refractivity contribution in [1.82, 2.24) is 5.32 Å². The van der Waals surface area contributed by atoms with E-state index in [-0.39, 0.29) is 23.7 Å². The van der Waals surface area contributed by atoms with Crippen LogP contribution >= 0.6 is 0 Å². The van der Waals surface area contributed by atoms with E-state index in [1.807, 2.05) is 0 Å². The van der Waals surface area contributed by atoms with E-state index in [4.69, 9.17) is 9.47 Å². The molecule has 3 rings (SSSR count). The first-order valence-electron chi connectivity index (χ1n) is 8.09. The number of halogens is 2. The van der Waals surface area contributed by atoms with Crippen LogP contribution in [-0.4, -0.2) is 38.9 Å². The van der Waals surface area contributed by atoms with Gasteiger partial charge in [-0.1, -0.05) is 6.07 Å². The van der Waals surface area contributed by atoms with E-state index in [1.54, 1.807) is 12.1 Å². The number of methoxy groups -OCH3 is 1. The van der Waals surface area contributed by atoms with Crippen LogP contribution in [0.4, 0.5) is 8.78 Å². The van der Waals surface area contributed by atoms with Crippen molar-refractivity contribution < 1.29 is 27.8 Å². The number of alkyl halides is 2. The van der Waals surface area contributed by atoms with Gasteiger partial charge < -0.3 is 19.5 Å². The lowest BCUT2D eigenvalue weighted by molar-refractivity contribution is -0.142. The second-order valence-electron chi connectivity index (χ2n) is 6.26. The molecule has 7 heteroatoms. The van der Waals surface area contributed by atoms with Crippen molar-refractivity contribution in [3.63, 3.8) is 0 Å². The largest absolute Gasteiger partial charge is 0.489 e. The van der Waals surface area contributed by atoms with Gasteiger partial charge in [0, 0.05) is 6.54 Å². The van der Waals surface area contributed by atoms with E-state index in [0.717, 1.165) is 18.4 Å². The molecule has 0 radical (unpaired) electrons. The molecule has 0 aromatic heterocycles. The molecule has 0 spiro atoms. The van der Waals surface area contributed by atoms with Crippen LogP contribution in [0, 0.1) is 5.92 Å². The Balaban J connectivity index is 1.73. The number of carbonyl (C=O) groups is 1. The van der Waals surface area contributed by atoms with Crippen molar-refractivity contribution in [3.05, 3.63) is 23.8 Å². The molecule has 24 heavy (non-hydrogen) atoms. The standard InChI is InChI=1S/C17H21F2NO4/c1-22-16(21)13-6-12(8-20-13)11-4-5-14(24-17(18)19)15(7-11)23-9-10-2-3-10/h4-5,7,10,12-13,17,20H,2-3,6,8-9H2,1H3. The van der Waals surface area contributed by atoms with Gasteiger partial charge in [-0.2, -0.15) is 8.78 Å². The molecule has 1 aromatic carbocycles. The predicted octanol–water partition coefficient (Wildman–Crippen LogP) is 2.70. The first kappa shape index (κ1) is 17.0. The number of benzene rings is 1. The summed E-state index contributed by atoms with van der Waals surface area (Å²) >= 11 is 0. The number of nitrogens with one attached hydrogen (secondary N) is 1. The molecule has 2 atom stereocenters. The third-order valence-electron chi connectivity index (χ3n) is 4.44. The van der Waals surface area contributed by atoms with Gasteiger partial charge >= 0.3 is 12.6 Å². The van der Waals surface area contributed by atoms with Gasteiger partial charge in [0.1, 0.15) is 6.04 Å². The number of rotatable bonds is 7. The molecule has 1 aliphatic carbocycles.